The van der Waals surface area contributed by atoms with E-state index in [1.165, 1.54) is 0 Å². The smallest absolute Gasteiger partial charge is 0.341 e. The molecule has 1 N–H and O–H groups in total. The Hall–Kier alpha value is -2.30. The predicted octanol–water partition coefficient (Wildman–Crippen LogP) is 1.35. The first-order valence-electron chi connectivity index (χ1n) is 5.00. The summed E-state index contributed by atoms with van der Waals surface area (Å²) in [6, 6.07) is 8.06. The fourth-order valence-corrected chi connectivity index (χ4v) is 1.42. The molecule has 0 saturated heterocycles. The lowest BCUT2D eigenvalue weighted by Crippen LogP contribution is -2.09. The monoisotopic (exact) mass is 231 g/mol. The highest BCUT2D eigenvalue weighted by Crippen LogP contribution is 2.22. The molecule has 1 aromatic heterocycles. The molecule has 0 amide bonds. The van der Waals surface area contributed by atoms with Crippen molar-refractivity contribution in [2.75, 3.05) is 6.61 Å². The van der Waals surface area contributed by atoms with E-state index in [-0.39, 0.29) is 6.61 Å². The molecule has 0 aliphatic rings. The van der Waals surface area contributed by atoms with Gasteiger partial charge in [0.25, 0.3) is 0 Å². The summed E-state index contributed by atoms with van der Waals surface area (Å²) < 4.78 is 6.77. The van der Waals surface area contributed by atoms with Gasteiger partial charge in [0.1, 0.15) is 5.75 Å². The second-order valence-corrected chi connectivity index (χ2v) is 3.54. The number of carbonyl (C=O) groups is 1. The van der Waals surface area contributed by atoms with Crippen LogP contribution in [0, 0.1) is 6.07 Å². The zero-order chi connectivity index (χ0) is 12.3. The fourth-order valence-electron chi connectivity index (χ4n) is 1.42. The first-order valence-corrected chi connectivity index (χ1v) is 5.00. The molecule has 0 aliphatic heterocycles. The molecule has 1 radical (unpaired) electrons. The van der Waals surface area contributed by atoms with E-state index in [0.29, 0.717) is 5.75 Å². The van der Waals surface area contributed by atoms with Crippen LogP contribution in [0.2, 0.25) is 0 Å². The summed E-state index contributed by atoms with van der Waals surface area (Å²) in [6.07, 6.45) is 3.59. The quantitative estimate of drug-likeness (QED) is 0.862. The summed E-state index contributed by atoms with van der Waals surface area (Å²) in [5, 5.41) is 12.6. The summed E-state index contributed by atoms with van der Waals surface area (Å²) in [5.41, 5.74) is 1.82. The number of nitrogens with zero attached hydrogens (tertiary/aromatic N) is 2. The summed E-state index contributed by atoms with van der Waals surface area (Å²) in [6.45, 7) is -0.357. The Bertz CT molecular complexity index is 534. The number of rotatable bonds is 4. The minimum absolute atomic E-state index is 0.357. The molecular formula is C12H11N2O3. The number of carboxylic acid groups (broad SMARTS) is 1. The Morgan fingerprint density at radius 2 is 2.35 bits per heavy atom. The molecule has 0 aliphatic carbocycles. The number of benzene rings is 1. The maximum Gasteiger partial charge on any atom is 0.341 e. The Kier molecular flexibility index (Phi) is 3.09. The second kappa shape index (κ2) is 4.69. The average Bonchev–Trinajstić information content (AvgIpc) is 2.74. The topological polar surface area (TPSA) is 64.3 Å². The number of hydrogen-bond donors (Lipinski definition) is 1. The van der Waals surface area contributed by atoms with E-state index in [9.17, 15) is 4.79 Å². The van der Waals surface area contributed by atoms with Gasteiger partial charge in [-0.05, 0) is 29.8 Å². The second-order valence-electron chi connectivity index (χ2n) is 3.54. The van der Waals surface area contributed by atoms with Crippen LogP contribution in [0.3, 0.4) is 0 Å². The highest BCUT2D eigenvalue weighted by Gasteiger charge is 2.03. The van der Waals surface area contributed by atoms with E-state index in [1.807, 2.05) is 13.2 Å². The Morgan fingerprint density at radius 1 is 1.53 bits per heavy atom. The maximum atomic E-state index is 10.4. The zero-order valence-electron chi connectivity index (χ0n) is 9.25. The lowest BCUT2D eigenvalue weighted by Gasteiger charge is -2.04. The van der Waals surface area contributed by atoms with Crippen molar-refractivity contribution in [1.29, 1.82) is 0 Å². The van der Waals surface area contributed by atoms with Crippen LogP contribution in [-0.2, 0) is 11.8 Å². The number of ether oxygens (including phenoxy) is 1. The van der Waals surface area contributed by atoms with Crippen molar-refractivity contribution < 1.29 is 14.6 Å². The van der Waals surface area contributed by atoms with Gasteiger partial charge in [0.05, 0.1) is 6.20 Å². The zero-order valence-corrected chi connectivity index (χ0v) is 9.25. The third kappa shape index (κ3) is 2.84. The van der Waals surface area contributed by atoms with Gasteiger partial charge in [-0.1, -0.05) is 0 Å². The molecule has 0 fully saturated rings. The highest BCUT2D eigenvalue weighted by molar-refractivity contribution is 5.69. The molecule has 0 saturated carbocycles. The molecule has 17 heavy (non-hydrogen) atoms. The molecule has 0 atom stereocenters. The maximum absolute atomic E-state index is 10.4. The van der Waals surface area contributed by atoms with Gasteiger partial charge >= 0.3 is 5.97 Å². The van der Waals surface area contributed by atoms with Gasteiger partial charge < -0.3 is 9.84 Å². The van der Waals surface area contributed by atoms with Gasteiger partial charge in [-0.2, -0.15) is 5.10 Å². The van der Waals surface area contributed by atoms with E-state index in [4.69, 9.17) is 9.84 Å². The number of aliphatic carboxylic acids is 1. The van der Waals surface area contributed by atoms with Gasteiger partial charge in [0.15, 0.2) is 6.61 Å². The molecule has 1 heterocycles. The lowest BCUT2D eigenvalue weighted by atomic mass is 10.1. The Morgan fingerprint density at radius 3 is 3.00 bits per heavy atom. The molecule has 1 aromatic carbocycles. The van der Waals surface area contributed by atoms with Gasteiger partial charge in [0.2, 0.25) is 0 Å². The normalized spacial score (nSPS) is 10.2. The minimum atomic E-state index is -1.00. The van der Waals surface area contributed by atoms with Crippen LogP contribution in [0.4, 0.5) is 0 Å². The van der Waals surface area contributed by atoms with Crippen LogP contribution < -0.4 is 4.74 Å². The van der Waals surface area contributed by atoms with Gasteiger partial charge in [-0.25, -0.2) is 4.79 Å². The van der Waals surface area contributed by atoms with Crippen molar-refractivity contribution >= 4 is 5.97 Å². The minimum Gasteiger partial charge on any atom is -0.482 e. The van der Waals surface area contributed by atoms with Crippen molar-refractivity contribution in [1.82, 2.24) is 9.78 Å². The van der Waals surface area contributed by atoms with Crippen molar-refractivity contribution in [2.24, 2.45) is 7.05 Å². The van der Waals surface area contributed by atoms with E-state index in [2.05, 4.69) is 11.2 Å². The van der Waals surface area contributed by atoms with Crippen LogP contribution in [0.15, 0.2) is 30.6 Å². The van der Waals surface area contributed by atoms with E-state index >= 15 is 0 Å². The SMILES string of the molecule is Cn1cc(-c2c[c]cc(OCC(=O)O)c2)cn1. The van der Waals surface area contributed by atoms with Gasteiger partial charge in [-0.3, -0.25) is 4.68 Å². The summed E-state index contributed by atoms with van der Waals surface area (Å²) in [4.78, 5) is 10.4. The molecule has 5 nitrogen and oxygen atoms in total. The van der Waals surface area contributed by atoms with E-state index in [1.54, 1.807) is 29.1 Å². The van der Waals surface area contributed by atoms with Crippen LogP contribution in [-0.4, -0.2) is 27.5 Å². The molecule has 5 heteroatoms. The third-order valence-corrected chi connectivity index (χ3v) is 2.16. The van der Waals surface area contributed by atoms with Crippen LogP contribution in [0.25, 0.3) is 11.1 Å². The van der Waals surface area contributed by atoms with Crippen molar-refractivity contribution in [2.45, 2.75) is 0 Å². The summed E-state index contributed by atoms with van der Waals surface area (Å²) >= 11 is 0. The van der Waals surface area contributed by atoms with Gasteiger partial charge in [0, 0.05) is 18.8 Å². The Balaban J connectivity index is 2.19. The molecule has 2 aromatic rings. The highest BCUT2D eigenvalue weighted by atomic mass is 16.5. The lowest BCUT2D eigenvalue weighted by molar-refractivity contribution is -0.139. The molecular weight excluding hydrogens is 220 g/mol. The molecule has 2 rings (SSSR count). The fraction of sp³-hybridized carbons (Fsp3) is 0.167. The van der Waals surface area contributed by atoms with Crippen LogP contribution in [0.1, 0.15) is 0 Å². The molecule has 0 bridgehead atoms. The standard InChI is InChI=1S/C12H11N2O3/c1-14-7-10(6-13-14)9-3-2-4-11(5-9)17-8-12(15)16/h3-7H,8H2,1H3,(H,15,16). The summed E-state index contributed by atoms with van der Waals surface area (Å²) in [5.74, 6) is -0.523. The third-order valence-electron chi connectivity index (χ3n) is 2.16. The first kappa shape index (κ1) is 11.2. The number of aromatic nitrogens is 2. The molecule has 0 spiro atoms. The van der Waals surface area contributed by atoms with Crippen molar-refractivity contribution in [3.05, 3.63) is 36.7 Å². The molecule has 87 valence electrons. The van der Waals surface area contributed by atoms with E-state index < -0.39 is 5.97 Å². The van der Waals surface area contributed by atoms with E-state index in [0.717, 1.165) is 11.1 Å². The number of hydrogen-bond acceptors (Lipinski definition) is 3. The largest absolute Gasteiger partial charge is 0.482 e. The number of aryl methyl sites for hydroxylation is 1. The summed E-state index contributed by atoms with van der Waals surface area (Å²) in [7, 11) is 1.83. The molecule has 0 unspecified atom stereocenters. The van der Waals surface area contributed by atoms with Crippen LogP contribution >= 0.6 is 0 Å². The average molecular weight is 231 g/mol. The van der Waals surface area contributed by atoms with Crippen molar-refractivity contribution in [3.63, 3.8) is 0 Å². The Labute approximate surface area is 98.3 Å². The predicted molar refractivity (Wildman–Crippen MR) is 60.6 cm³/mol. The number of carboxylic acids is 1. The van der Waals surface area contributed by atoms with Gasteiger partial charge in [-0.15, -0.1) is 0 Å². The van der Waals surface area contributed by atoms with Crippen molar-refractivity contribution in [3.8, 4) is 16.9 Å². The first-order chi connectivity index (χ1) is 8.15. The van der Waals surface area contributed by atoms with Crippen LogP contribution in [0.5, 0.6) is 5.75 Å².